The Morgan fingerprint density at radius 2 is 2.12 bits per heavy atom. The maximum atomic E-state index is 11.8. The highest BCUT2D eigenvalue weighted by atomic mass is 35.5. The Hall–Kier alpha value is -1.23. The number of hydrogen-bond donors (Lipinski definition) is 2. The minimum atomic E-state index is -0.952. The number of urea groups is 1. The summed E-state index contributed by atoms with van der Waals surface area (Å²) in [6, 6.07) is -1.12. The van der Waals surface area contributed by atoms with E-state index in [0.717, 1.165) is 19.3 Å². The van der Waals surface area contributed by atoms with Crippen molar-refractivity contribution in [2.45, 2.75) is 31.7 Å². The summed E-state index contributed by atoms with van der Waals surface area (Å²) < 4.78 is 0. The van der Waals surface area contributed by atoms with Crippen LogP contribution in [-0.2, 0) is 4.79 Å². The monoisotopic (exact) mass is 260 g/mol. The minimum absolute atomic E-state index is 0.156. The highest BCUT2D eigenvalue weighted by Crippen LogP contribution is 2.17. The molecule has 0 bridgehead atoms. The first-order valence-electron chi connectivity index (χ1n) is 5.63. The molecule has 0 aromatic heterocycles. The molecule has 5 nitrogen and oxygen atoms in total. The molecule has 1 atom stereocenters. The Bertz CT molecular complexity index is 320. The molecular formula is C11H17ClN2O3. The first kappa shape index (κ1) is 13.8. The van der Waals surface area contributed by atoms with Crippen LogP contribution in [-0.4, -0.2) is 41.1 Å². The highest BCUT2D eigenvalue weighted by Gasteiger charge is 2.30. The van der Waals surface area contributed by atoms with Crippen LogP contribution in [0.25, 0.3) is 0 Å². The quantitative estimate of drug-likeness (QED) is 0.813. The van der Waals surface area contributed by atoms with E-state index in [9.17, 15) is 9.59 Å². The fourth-order valence-electron chi connectivity index (χ4n) is 1.88. The number of carboxylic acid groups (broad SMARTS) is 1. The van der Waals surface area contributed by atoms with Gasteiger partial charge in [0, 0.05) is 11.6 Å². The zero-order chi connectivity index (χ0) is 12.8. The van der Waals surface area contributed by atoms with Gasteiger partial charge < -0.3 is 15.3 Å². The first-order valence-corrected chi connectivity index (χ1v) is 6.00. The van der Waals surface area contributed by atoms with Crippen LogP contribution in [0.3, 0.4) is 0 Å². The molecule has 0 aromatic carbocycles. The van der Waals surface area contributed by atoms with Crippen LogP contribution in [0, 0.1) is 0 Å². The number of likely N-dealkylation sites (tertiary alicyclic amines) is 1. The summed E-state index contributed by atoms with van der Waals surface area (Å²) in [6.45, 7) is 4.09. The van der Waals surface area contributed by atoms with Crippen molar-refractivity contribution in [2.75, 3.05) is 13.1 Å². The minimum Gasteiger partial charge on any atom is -0.480 e. The molecule has 0 aliphatic carbocycles. The van der Waals surface area contributed by atoms with Gasteiger partial charge in [-0.3, -0.25) is 0 Å². The van der Waals surface area contributed by atoms with Gasteiger partial charge in [-0.1, -0.05) is 31.0 Å². The second-order valence-corrected chi connectivity index (χ2v) is 4.61. The Morgan fingerprint density at radius 3 is 2.71 bits per heavy atom. The summed E-state index contributed by atoms with van der Waals surface area (Å²) in [7, 11) is 0. The highest BCUT2D eigenvalue weighted by molar-refractivity contribution is 6.29. The summed E-state index contributed by atoms with van der Waals surface area (Å²) >= 11 is 5.55. The molecule has 96 valence electrons. The van der Waals surface area contributed by atoms with Crippen molar-refractivity contribution in [3.8, 4) is 0 Å². The largest absolute Gasteiger partial charge is 0.480 e. The smallest absolute Gasteiger partial charge is 0.326 e. The van der Waals surface area contributed by atoms with E-state index in [1.165, 1.54) is 4.90 Å². The number of carbonyl (C=O) groups excluding carboxylic acids is 1. The molecule has 1 unspecified atom stereocenters. The lowest BCUT2D eigenvalue weighted by Gasteiger charge is -2.26. The molecule has 1 fully saturated rings. The number of hydrogen-bond acceptors (Lipinski definition) is 2. The molecule has 1 saturated heterocycles. The lowest BCUT2D eigenvalue weighted by Crippen LogP contribution is -2.49. The van der Waals surface area contributed by atoms with E-state index in [-0.39, 0.29) is 12.6 Å². The summed E-state index contributed by atoms with van der Waals surface area (Å²) in [4.78, 5) is 24.3. The second kappa shape index (κ2) is 6.49. The molecule has 2 N–H and O–H groups in total. The van der Waals surface area contributed by atoms with E-state index in [1.807, 2.05) is 0 Å². The van der Waals surface area contributed by atoms with Crippen LogP contribution in [0.5, 0.6) is 0 Å². The molecule has 1 aliphatic rings. The van der Waals surface area contributed by atoms with Crippen molar-refractivity contribution in [2.24, 2.45) is 0 Å². The van der Waals surface area contributed by atoms with Crippen LogP contribution in [0.15, 0.2) is 11.6 Å². The predicted octanol–water partition coefficient (Wildman–Crippen LogP) is 1.78. The molecule has 1 heterocycles. The van der Waals surface area contributed by atoms with Crippen LogP contribution in [0.1, 0.15) is 25.7 Å². The van der Waals surface area contributed by atoms with Crippen LogP contribution in [0.2, 0.25) is 0 Å². The van der Waals surface area contributed by atoms with Gasteiger partial charge in [-0.05, 0) is 12.8 Å². The number of rotatable bonds is 3. The number of amides is 2. The molecule has 1 aliphatic heterocycles. The zero-order valence-electron chi connectivity index (χ0n) is 9.62. The number of carboxylic acids is 1. The topological polar surface area (TPSA) is 69.6 Å². The maximum absolute atomic E-state index is 11.8. The van der Waals surface area contributed by atoms with Crippen molar-refractivity contribution in [3.63, 3.8) is 0 Å². The Kier molecular flexibility index (Phi) is 5.28. The standard InChI is InChI=1S/C11H17ClN2O3/c1-8(12)7-13-11(17)14-6-4-2-3-5-9(14)10(15)16/h9H,1-7H2,(H,13,17)(H,15,16). The molecule has 0 aromatic rings. The van der Waals surface area contributed by atoms with E-state index < -0.39 is 12.0 Å². The van der Waals surface area contributed by atoms with Gasteiger partial charge in [0.2, 0.25) is 0 Å². The molecule has 2 amide bonds. The summed E-state index contributed by atoms with van der Waals surface area (Å²) in [5.74, 6) is -0.952. The van der Waals surface area contributed by atoms with E-state index in [0.29, 0.717) is 18.0 Å². The number of carbonyl (C=O) groups is 2. The van der Waals surface area contributed by atoms with Gasteiger partial charge in [0.05, 0.1) is 6.54 Å². The van der Waals surface area contributed by atoms with Crippen molar-refractivity contribution in [1.82, 2.24) is 10.2 Å². The van der Waals surface area contributed by atoms with E-state index >= 15 is 0 Å². The lowest BCUT2D eigenvalue weighted by molar-refractivity contribution is -0.142. The van der Waals surface area contributed by atoms with Crippen LogP contribution < -0.4 is 5.32 Å². The third-order valence-corrected chi connectivity index (χ3v) is 2.86. The number of nitrogens with one attached hydrogen (secondary N) is 1. The van der Waals surface area contributed by atoms with Crippen molar-refractivity contribution in [1.29, 1.82) is 0 Å². The zero-order valence-corrected chi connectivity index (χ0v) is 10.4. The molecule has 17 heavy (non-hydrogen) atoms. The van der Waals surface area contributed by atoms with Gasteiger partial charge in [0.1, 0.15) is 6.04 Å². The van der Waals surface area contributed by atoms with Gasteiger partial charge in [-0.2, -0.15) is 0 Å². The normalized spacial score (nSPS) is 20.5. The molecule has 0 saturated carbocycles. The summed E-state index contributed by atoms with van der Waals surface area (Å²) in [6.07, 6.45) is 3.13. The second-order valence-electron chi connectivity index (χ2n) is 4.07. The van der Waals surface area contributed by atoms with E-state index in [2.05, 4.69) is 11.9 Å². The summed E-state index contributed by atoms with van der Waals surface area (Å²) in [5, 5.41) is 12.0. The van der Waals surface area contributed by atoms with Crippen LogP contribution >= 0.6 is 11.6 Å². The van der Waals surface area contributed by atoms with E-state index in [1.54, 1.807) is 0 Å². The van der Waals surface area contributed by atoms with Gasteiger partial charge in [0.25, 0.3) is 0 Å². The molecule has 0 spiro atoms. The molecule has 6 heteroatoms. The van der Waals surface area contributed by atoms with Gasteiger partial charge in [0.15, 0.2) is 0 Å². The Morgan fingerprint density at radius 1 is 1.41 bits per heavy atom. The first-order chi connectivity index (χ1) is 8.02. The Labute approximate surface area is 105 Å². The van der Waals surface area contributed by atoms with E-state index in [4.69, 9.17) is 16.7 Å². The third-order valence-electron chi connectivity index (χ3n) is 2.73. The SMILES string of the molecule is C=C(Cl)CNC(=O)N1CCCCCC1C(=O)O. The van der Waals surface area contributed by atoms with Crippen molar-refractivity contribution < 1.29 is 14.7 Å². The lowest BCUT2D eigenvalue weighted by atomic mass is 10.1. The maximum Gasteiger partial charge on any atom is 0.326 e. The molecular weight excluding hydrogens is 244 g/mol. The van der Waals surface area contributed by atoms with Gasteiger partial charge >= 0.3 is 12.0 Å². The average Bonchev–Trinajstić information content (AvgIpc) is 2.50. The van der Waals surface area contributed by atoms with Crippen molar-refractivity contribution >= 4 is 23.6 Å². The predicted molar refractivity (Wildman–Crippen MR) is 65.0 cm³/mol. The molecule has 1 rings (SSSR count). The fraction of sp³-hybridized carbons (Fsp3) is 0.636. The number of aliphatic carboxylic acids is 1. The number of halogens is 1. The number of nitrogens with zero attached hydrogens (tertiary/aromatic N) is 1. The van der Waals surface area contributed by atoms with Crippen LogP contribution in [0.4, 0.5) is 4.79 Å². The third kappa shape index (κ3) is 4.26. The molecule has 0 radical (unpaired) electrons. The van der Waals surface area contributed by atoms with Crippen molar-refractivity contribution in [3.05, 3.63) is 11.6 Å². The summed E-state index contributed by atoms with van der Waals surface area (Å²) in [5.41, 5.74) is 0. The Balaban J connectivity index is 2.65. The van der Waals surface area contributed by atoms with Gasteiger partial charge in [-0.25, -0.2) is 9.59 Å². The van der Waals surface area contributed by atoms with Gasteiger partial charge in [-0.15, -0.1) is 0 Å². The fourth-order valence-corrected chi connectivity index (χ4v) is 1.95. The average molecular weight is 261 g/mol.